The van der Waals surface area contributed by atoms with Crippen LogP contribution < -0.4 is 9.62 Å². The molecule has 0 spiro atoms. The van der Waals surface area contributed by atoms with Gasteiger partial charge in [-0.25, -0.2) is 14.7 Å². The Hall–Kier alpha value is -1.25. The summed E-state index contributed by atoms with van der Waals surface area (Å²) in [5.41, 5.74) is 2.06. The molecule has 2 heterocycles. The molecule has 0 unspecified atom stereocenters. The van der Waals surface area contributed by atoms with Gasteiger partial charge in [-0.3, -0.25) is 0 Å². The predicted molar refractivity (Wildman–Crippen MR) is 82.6 cm³/mol. The molecule has 118 valence electrons. The maximum atomic E-state index is 11.8. The molecule has 0 bridgehead atoms. The molecule has 2 rings (SSSR count). The van der Waals surface area contributed by atoms with Gasteiger partial charge < -0.3 is 4.90 Å². The average molecular weight is 313 g/mol. The van der Waals surface area contributed by atoms with Crippen molar-refractivity contribution < 1.29 is 8.42 Å². The van der Waals surface area contributed by atoms with Gasteiger partial charge in [-0.15, -0.1) is 0 Å². The van der Waals surface area contributed by atoms with Gasteiger partial charge in [0.25, 0.3) is 10.2 Å². The zero-order chi connectivity index (χ0) is 15.5. The number of aryl methyl sites for hydroxylation is 2. The molecular formula is C13H23N5O2S. The van der Waals surface area contributed by atoms with Crippen LogP contribution in [0.5, 0.6) is 0 Å². The SMILES string of the molecule is CCc1cc(CC)nc(N2CCN(S(=O)(=O)NC)CC2)n1. The monoisotopic (exact) mass is 313 g/mol. The van der Waals surface area contributed by atoms with Crippen molar-refractivity contribution in [3.63, 3.8) is 0 Å². The lowest BCUT2D eigenvalue weighted by Crippen LogP contribution is -2.51. The number of piperazine rings is 1. The number of hydrogen-bond donors (Lipinski definition) is 1. The molecule has 0 radical (unpaired) electrons. The van der Waals surface area contributed by atoms with Crippen LogP contribution in [0.4, 0.5) is 5.95 Å². The Morgan fingerprint density at radius 2 is 1.62 bits per heavy atom. The standard InChI is InChI=1S/C13H23N5O2S/c1-4-11-10-12(5-2)16-13(15-11)17-6-8-18(9-7-17)21(19,20)14-3/h10,14H,4-9H2,1-3H3. The number of nitrogens with one attached hydrogen (secondary N) is 1. The molecule has 21 heavy (non-hydrogen) atoms. The lowest BCUT2D eigenvalue weighted by Gasteiger charge is -2.33. The quantitative estimate of drug-likeness (QED) is 0.839. The van der Waals surface area contributed by atoms with Gasteiger partial charge in [-0.2, -0.15) is 12.7 Å². The van der Waals surface area contributed by atoms with Crippen LogP contribution in [0, 0.1) is 0 Å². The molecule has 1 N–H and O–H groups in total. The van der Waals surface area contributed by atoms with Gasteiger partial charge in [0.1, 0.15) is 0 Å². The highest BCUT2D eigenvalue weighted by Crippen LogP contribution is 2.15. The van der Waals surface area contributed by atoms with E-state index in [2.05, 4.69) is 33.4 Å². The predicted octanol–water partition coefficient (Wildman–Crippen LogP) is 0.188. The zero-order valence-electron chi connectivity index (χ0n) is 12.8. The first kappa shape index (κ1) is 16.1. The molecular weight excluding hydrogens is 290 g/mol. The first-order valence-corrected chi connectivity index (χ1v) is 8.74. The smallest absolute Gasteiger partial charge is 0.279 e. The van der Waals surface area contributed by atoms with Crippen LogP contribution in [0.2, 0.25) is 0 Å². The lowest BCUT2D eigenvalue weighted by atomic mass is 10.2. The van der Waals surface area contributed by atoms with E-state index >= 15 is 0 Å². The Morgan fingerprint density at radius 3 is 2.05 bits per heavy atom. The van der Waals surface area contributed by atoms with E-state index in [1.165, 1.54) is 11.4 Å². The number of nitrogens with zero attached hydrogens (tertiary/aromatic N) is 4. The third-order valence-corrected chi connectivity index (χ3v) is 5.23. The number of hydrogen-bond acceptors (Lipinski definition) is 5. The van der Waals surface area contributed by atoms with Gasteiger partial charge in [0, 0.05) is 44.6 Å². The fourth-order valence-electron chi connectivity index (χ4n) is 2.30. The highest BCUT2D eigenvalue weighted by Gasteiger charge is 2.26. The summed E-state index contributed by atoms with van der Waals surface area (Å²) in [5.74, 6) is 0.715. The summed E-state index contributed by atoms with van der Waals surface area (Å²) in [7, 11) is -1.90. The maximum Gasteiger partial charge on any atom is 0.279 e. The summed E-state index contributed by atoms with van der Waals surface area (Å²) in [6.45, 7) is 6.26. The number of aromatic nitrogens is 2. The van der Waals surface area contributed by atoms with Crippen LogP contribution in [0.3, 0.4) is 0 Å². The molecule has 1 aromatic rings. The van der Waals surface area contributed by atoms with Gasteiger partial charge in [-0.05, 0) is 18.9 Å². The Kier molecular flexibility index (Phi) is 5.13. The van der Waals surface area contributed by atoms with Gasteiger partial charge >= 0.3 is 0 Å². The Balaban J connectivity index is 2.12. The van der Waals surface area contributed by atoms with E-state index in [1.54, 1.807) is 0 Å². The van der Waals surface area contributed by atoms with E-state index in [-0.39, 0.29) is 0 Å². The van der Waals surface area contributed by atoms with Gasteiger partial charge in [0.2, 0.25) is 5.95 Å². The van der Waals surface area contributed by atoms with E-state index < -0.39 is 10.2 Å². The summed E-state index contributed by atoms with van der Waals surface area (Å²) >= 11 is 0. The van der Waals surface area contributed by atoms with Crippen molar-refractivity contribution in [2.45, 2.75) is 26.7 Å². The highest BCUT2D eigenvalue weighted by molar-refractivity contribution is 7.87. The van der Waals surface area contributed by atoms with Gasteiger partial charge in [0.05, 0.1) is 0 Å². The third-order valence-electron chi connectivity index (χ3n) is 3.66. The molecule has 1 fully saturated rings. The van der Waals surface area contributed by atoms with E-state index in [0.29, 0.717) is 32.1 Å². The zero-order valence-corrected chi connectivity index (χ0v) is 13.7. The minimum Gasteiger partial charge on any atom is -0.338 e. The topological polar surface area (TPSA) is 78.4 Å². The molecule has 0 amide bonds. The molecule has 8 heteroatoms. The van der Waals surface area contributed by atoms with Crippen LogP contribution in [-0.4, -0.2) is 55.9 Å². The average Bonchev–Trinajstić information content (AvgIpc) is 2.54. The van der Waals surface area contributed by atoms with E-state index in [0.717, 1.165) is 24.2 Å². The molecule has 1 aliphatic heterocycles. The fraction of sp³-hybridized carbons (Fsp3) is 0.692. The molecule has 1 aliphatic rings. The summed E-state index contributed by atoms with van der Waals surface area (Å²) < 4.78 is 27.3. The van der Waals surface area contributed by atoms with Crippen molar-refractivity contribution in [3.8, 4) is 0 Å². The van der Waals surface area contributed by atoms with E-state index in [9.17, 15) is 8.42 Å². The second kappa shape index (κ2) is 6.67. The van der Waals surface area contributed by atoms with Crippen LogP contribution in [0.25, 0.3) is 0 Å². The summed E-state index contributed by atoms with van der Waals surface area (Å²) in [6, 6.07) is 2.03. The van der Waals surface area contributed by atoms with Crippen molar-refractivity contribution in [2.24, 2.45) is 0 Å². The molecule has 0 aromatic carbocycles. The Labute approximate surface area is 126 Å². The minimum absolute atomic E-state index is 0.449. The van der Waals surface area contributed by atoms with Crippen LogP contribution >= 0.6 is 0 Å². The summed E-state index contributed by atoms with van der Waals surface area (Å²) in [6.07, 6.45) is 1.74. The molecule has 0 aliphatic carbocycles. The Morgan fingerprint density at radius 1 is 1.10 bits per heavy atom. The number of rotatable bonds is 5. The normalized spacial score (nSPS) is 17.2. The molecule has 7 nitrogen and oxygen atoms in total. The van der Waals surface area contributed by atoms with Crippen molar-refractivity contribution in [1.82, 2.24) is 19.0 Å². The van der Waals surface area contributed by atoms with Crippen molar-refractivity contribution in [3.05, 3.63) is 17.5 Å². The van der Waals surface area contributed by atoms with E-state index in [1.807, 2.05) is 6.07 Å². The lowest BCUT2D eigenvalue weighted by molar-refractivity contribution is 0.378. The van der Waals surface area contributed by atoms with Crippen LogP contribution in [-0.2, 0) is 23.1 Å². The molecule has 1 saturated heterocycles. The summed E-state index contributed by atoms with van der Waals surface area (Å²) in [4.78, 5) is 11.2. The van der Waals surface area contributed by atoms with Crippen LogP contribution in [0.15, 0.2) is 6.07 Å². The van der Waals surface area contributed by atoms with Crippen molar-refractivity contribution in [2.75, 3.05) is 38.1 Å². The highest BCUT2D eigenvalue weighted by atomic mass is 32.2. The second-order valence-electron chi connectivity index (χ2n) is 4.95. The largest absolute Gasteiger partial charge is 0.338 e. The van der Waals surface area contributed by atoms with E-state index in [4.69, 9.17) is 0 Å². The van der Waals surface area contributed by atoms with Gasteiger partial charge in [-0.1, -0.05) is 13.8 Å². The molecule has 1 aromatic heterocycles. The van der Waals surface area contributed by atoms with Crippen molar-refractivity contribution in [1.29, 1.82) is 0 Å². The maximum absolute atomic E-state index is 11.8. The molecule has 0 atom stereocenters. The third kappa shape index (κ3) is 3.69. The first-order chi connectivity index (χ1) is 10.00. The van der Waals surface area contributed by atoms with Crippen LogP contribution in [0.1, 0.15) is 25.2 Å². The Bertz CT molecular complexity index is 560. The molecule has 0 saturated carbocycles. The summed E-state index contributed by atoms with van der Waals surface area (Å²) in [5, 5.41) is 0. The fourth-order valence-corrected chi connectivity index (χ4v) is 3.20. The number of anilines is 1. The van der Waals surface area contributed by atoms with Gasteiger partial charge in [0.15, 0.2) is 0 Å². The minimum atomic E-state index is -3.34. The first-order valence-electron chi connectivity index (χ1n) is 7.30. The van der Waals surface area contributed by atoms with Crippen molar-refractivity contribution >= 4 is 16.2 Å². The second-order valence-corrected chi connectivity index (χ2v) is 6.83.